The van der Waals surface area contributed by atoms with E-state index in [4.69, 9.17) is 14.2 Å². The molecule has 0 radical (unpaired) electrons. The normalized spacial score (nSPS) is 10.1. The van der Waals surface area contributed by atoms with Crippen molar-refractivity contribution in [1.29, 1.82) is 0 Å². The molecule has 5 nitrogen and oxygen atoms in total. The smallest absolute Gasteiger partial charge is 0.255 e. The Kier molecular flexibility index (Phi) is 6.94. The first-order chi connectivity index (χ1) is 11.3. The zero-order valence-corrected chi connectivity index (χ0v) is 13.2. The third-order valence-corrected chi connectivity index (χ3v) is 3.08. The number of ether oxygens (including phenoxy) is 3. The molecule has 2 rings (SSSR count). The van der Waals surface area contributed by atoms with Crippen LogP contribution in [0.4, 0.5) is 0 Å². The van der Waals surface area contributed by atoms with E-state index < -0.39 is 0 Å². The maximum Gasteiger partial charge on any atom is 0.255 e. The van der Waals surface area contributed by atoms with E-state index >= 15 is 0 Å². The molecule has 122 valence electrons. The van der Waals surface area contributed by atoms with E-state index in [1.165, 1.54) is 0 Å². The number of para-hydroxylation sites is 2. The quantitative estimate of drug-likeness (QED) is 0.723. The second kappa shape index (κ2) is 9.48. The van der Waals surface area contributed by atoms with Gasteiger partial charge in [-0.3, -0.25) is 4.79 Å². The zero-order valence-electron chi connectivity index (χ0n) is 13.2. The van der Waals surface area contributed by atoms with Crippen molar-refractivity contribution in [2.75, 3.05) is 33.5 Å². The van der Waals surface area contributed by atoms with E-state index in [0.29, 0.717) is 37.7 Å². The van der Waals surface area contributed by atoms with E-state index in [2.05, 4.69) is 5.32 Å². The van der Waals surface area contributed by atoms with Crippen LogP contribution in [0, 0.1) is 0 Å². The first-order valence-corrected chi connectivity index (χ1v) is 7.48. The number of hydrogen-bond donors (Lipinski definition) is 1. The maximum absolute atomic E-state index is 12.1. The Morgan fingerprint density at radius 3 is 2.39 bits per heavy atom. The van der Waals surface area contributed by atoms with Crippen molar-refractivity contribution in [3.63, 3.8) is 0 Å². The van der Waals surface area contributed by atoms with Crippen molar-refractivity contribution in [3.8, 4) is 11.5 Å². The monoisotopic (exact) mass is 315 g/mol. The average Bonchev–Trinajstić information content (AvgIpc) is 2.60. The fourth-order valence-corrected chi connectivity index (χ4v) is 1.97. The number of carbonyl (C=O) groups is 1. The second-order valence-corrected chi connectivity index (χ2v) is 4.75. The highest BCUT2D eigenvalue weighted by Gasteiger charge is 2.11. The van der Waals surface area contributed by atoms with Crippen LogP contribution >= 0.6 is 0 Å². The Morgan fingerprint density at radius 1 is 0.913 bits per heavy atom. The van der Waals surface area contributed by atoms with Crippen LogP contribution in [0.2, 0.25) is 0 Å². The van der Waals surface area contributed by atoms with Crippen molar-refractivity contribution in [1.82, 2.24) is 5.32 Å². The molecule has 0 saturated carbocycles. The van der Waals surface area contributed by atoms with E-state index in [-0.39, 0.29) is 5.91 Å². The molecule has 0 spiro atoms. The van der Waals surface area contributed by atoms with Gasteiger partial charge < -0.3 is 19.5 Å². The Bertz CT molecular complexity index is 601. The summed E-state index contributed by atoms with van der Waals surface area (Å²) < 4.78 is 16.2. The fraction of sp³-hybridized carbons (Fsp3) is 0.278. The van der Waals surface area contributed by atoms with E-state index in [1.54, 1.807) is 25.3 Å². The summed E-state index contributed by atoms with van der Waals surface area (Å²) in [5.74, 6) is 1.16. The summed E-state index contributed by atoms with van der Waals surface area (Å²) >= 11 is 0. The predicted molar refractivity (Wildman–Crippen MR) is 88.1 cm³/mol. The van der Waals surface area contributed by atoms with E-state index in [0.717, 1.165) is 5.75 Å². The lowest BCUT2D eigenvalue weighted by molar-refractivity contribution is 0.0932. The van der Waals surface area contributed by atoms with Crippen molar-refractivity contribution >= 4 is 5.91 Å². The summed E-state index contributed by atoms with van der Waals surface area (Å²) in [6.45, 7) is 1.70. The van der Waals surface area contributed by atoms with Gasteiger partial charge in [-0.15, -0.1) is 0 Å². The van der Waals surface area contributed by atoms with Gasteiger partial charge in [0.25, 0.3) is 5.91 Å². The number of carbonyl (C=O) groups excluding carboxylic acids is 1. The van der Waals surface area contributed by atoms with Crippen LogP contribution in [0.25, 0.3) is 0 Å². The van der Waals surface area contributed by atoms with E-state index in [1.807, 2.05) is 36.4 Å². The van der Waals surface area contributed by atoms with Crippen molar-refractivity contribution in [3.05, 3.63) is 60.2 Å². The summed E-state index contributed by atoms with van der Waals surface area (Å²) in [7, 11) is 1.59. The van der Waals surface area contributed by atoms with Gasteiger partial charge in [0.2, 0.25) is 0 Å². The highest BCUT2D eigenvalue weighted by Crippen LogP contribution is 2.18. The van der Waals surface area contributed by atoms with Gasteiger partial charge in [-0.2, -0.15) is 0 Å². The summed E-state index contributed by atoms with van der Waals surface area (Å²) in [5, 5.41) is 2.78. The molecule has 1 amide bonds. The first kappa shape index (κ1) is 16.8. The Labute approximate surface area is 136 Å². The summed E-state index contributed by atoms with van der Waals surface area (Å²) in [4.78, 5) is 12.1. The van der Waals surface area contributed by atoms with Gasteiger partial charge in [0, 0.05) is 13.7 Å². The van der Waals surface area contributed by atoms with Crippen molar-refractivity contribution in [2.45, 2.75) is 0 Å². The molecule has 0 saturated heterocycles. The Balaban J connectivity index is 1.83. The maximum atomic E-state index is 12.1. The zero-order chi connectivity index (χ0) is 16.3. The number of nitrogens with one attached hydrogen (secondary N) is 1. The molecule has 0 bridgehead atoms. The lowest BCUT2D eigenvalue weighted by atomic mass is 10.2. The molecule has 23 heavy (non-hydrogen) atoms. The second-order valence-electron chi connectivity index (χ2n) is 4.75. The van der Waals surface area contributed by atoms with E-state index in [9.17, 15) is 4.79 Å². The molecule has 0 heterocycles. The van der Waals surface area contributed by atoms with Gasteiger partial charge >= 0.3 is 0 Å². The molecule has 2 aromatic rings. The summed E-state index contributed by atoms with van der Waals surface area (Å²) in [6.07, 6.45) is 0. The molecular weight excluding hydrogens is 294 g/mol. The first-order valence-electron chi connectivity index (χ1n) is 7.48. The third kappa shape index (κ3) is 5.64. The Hall–Kier alpha value is -2.53. The molecule has 1 N–H and O–H groups in total. The van der Waals surface area contributed by atoms with Gasteiger partial charge in [-0.25, -0.2) is 0 Å². The van der Waals surface area contributed by atoms with Crippen molar-refractivity contribution in [2.24, 2.45) is 0 Å². The number of methoxy groups -OCH3 is 1. The predicted octanol–water partition coefficient (Wildman–Crippen LogP) is 2.52. The van der Waals surface area contributed by atoms with Crippen LogP contribution in [0.5, 0.6) is 11.5 Å². The minimum atomic E-state index is -0.179. The fourth-order valence-electron chi connectivity index (χ4n) is 1.97. The SMILES string of the molecule is COCCNC(=O)c1ccccc1OCCOc1ccccc1. The summed E-state index contributed by atoms with van der Waals surface area (Å²) in [5.41, 5.74) is 0.503. The molecule has 0 fully saturated rings. The summed E-state index contributed by atoms with van der Waals surface area (Å²) in [6, 6.07) is 16.7. The average molecular weight is 315 g/mol. The van der Waals surface area contributed by atoms with Crippen LogP contribution in [0.3, 0.4) is 0 Å². The Morgan fingerprint density at radius 2 is 1.61 bits per heavy atom. The number of amides is 1. The number of hydrogen-bond acceptors (Lipinski definition) is 4. The van der Waals surface area contributed by atoms with Crippen LogP contribution in [-0.4, -0.2) is 39.4 Å². The van der Waals surface area contributed by atoms with Crippen LogP contribution in [0.15, 0.2) is 54.6 Å². The van der Waals surface area contributed by atoms with Crippen LogP contribution in [-0.2, 0) is 4.74 Å². The minimum absolute atomic E-state index is 0.179. The largest absolute Gasteiger partial charge is 0.490 e. The highest BCUT2D eigenvalue weighted by atomic mass is 16.5. The molecular formula is C18H21NO4. The lowest BCUT2D eigenvalue weighted by Gasteiger charge is -2.12. The number of rotatable bonds is 9. The highest BCUT2D eigenvalue weighted by molar-refractivity contribution is 5.96. The molecule has 0 aliphatic carbocycles. The van der Waals surface area contributed by atoms with Gasteiger partial charge in [-0.1, -0.05) is 30.3 Å². The van der Waals surface area contributed by atoms with Gasteiger partial charge in [0.1, 0.15) is 24.7 Å². The molecule has 5 heteroatoms. The van der Waals surface area contributed by atoms with Gasteiger partial charge in [0.15, 0.2) is 0 Å². The molecule has 0 aromatic heterocycles. The van der Waals surface area contributed by atoms with Gasteiger partial charge in [0.05, 0.1) is 12.2 Å². The molecule has 0 aliphatic heterocycles. The van der Waals surface area contributed by atoms with Gasteiger partial charge in [-0.05, 0) is 24.3 Å². The lowest BCUT2D eigenvalue weighted by Crippen LogP contribution is -2.27. The minimum Gasteiger partial charge on any atom is -0.490 e. The standard InChI is InChI=1S/C18H21NO4/c1-21-12-11-19-18(20)16-9-5-6-10-17(16)23-14-13-22-15-7-3-2-4-8-15/h2-10H,11-14H2,1H3,(H,19,20). The van der Waals surface area contributed by atoms with Crippen LogP contribution in [0.1, 0.15) is 10.4 Å². The third-order valence-electron chi connectivity index (χ3n) is 3.08. The molecule has 0 atom stereocenters. The van der Waals surface area contributed by atoms with Crippen LogP contribution < -0.4 is 14.8 Å². The molecule has 0 unspecified atom stereocenters. The number of benzene rings is 2. The molecule has 2 aromatic carbocycles. The topological polar surface area (TPSA) is 56.8 Å². The van der Waals surface area contributed by atoms with Crippen molar-refractivity contribution < 1.29 is 19.0 Å². The molecule has 0 aliphatic rings.